The van der Waals surface area contributed by atoms with E-state index in [9.17, 15) is 0 Å². The van der Waals surface area contributed by atoms with Gasteiger partial charge in [-0.25, -0.2) is 0 Å². The molecule has 0 amide bonds. The molecule has 1 aromatic carbocycles. The second-order valence-electron chi connectivity index (χ2n) is 5.17. The van der Waals surface area contributed by atoms with Gasteiger partial charge >= 0.3 is 0 Å². The van der Waals surface area contributed by atoms with Crippen molar-refractivity contribution in [3.05, 3.63) is 30.5 Å². The number of pyridine rings is 1. The molecule has 0 spiro atoms. The van der Waals surface area contributed by atoms with Gasteiger partial charge < -0.3 is 10.6 Å². The van der Waals surface area contributed by atoms with Gasteiger partial charge in [-0.3, -0.25) is 4.98 Å². The van der Waals surface area contributed by atoms with Gasteiger partial charge in [0, 0.05) is 18.5 Å². The number of nitrogens with two attached hydrogens (primary N) is 1. The predicted molar refractivity (Wildman–Crippen MR) is 78.9 cm³/mol. The summed E-state index contributed by atoms with van der Waals surface area (Å²) in [6.07, 6.45) is 1.75. The maximum Gasteiger partial charge on any atom is 0.0745 e. The Balaban J connectivity index is 2.58. The Morgan fingerprint density at radius 3 is 2.50 bits per heavy atom. The maximum atomic E-state index is 6.12. The number of nitrogens with zero attached hydrogens (tertiary/aromatic N) is 2. The molecular formula is C15H21N3. The Labute approximate surface area is 109 Å². The van der Waals surface area contributed by atoms with Crippen LogP contribution in [-0.2, 0) is 0 Å². The third kappa shape index (κ3) is 2.13. The highest BCUT2D eigenvalue weighted by Crippen LogP contribution is 2.32. The van der Waals surface area contributed by atoms with Gasteiger partial charge in [0.1, 0.15) is 0 Å². The second-order valence-corrected chi connectivity index (χ2v) is 5.17. The minimum Gasteiger partial charge on any atom is -0.396 e. The summed E-state index contributed by atoms with van der Waals surface area (Å²) in [5, 5.41) is 1.12. The summed E-state index contributed by atoms with van der Waals surface area (Å²) in [4.78, 5) is 6.63. The van der Waals surface area contributed by atoms with Crippen molar-refractivity contribution in [1.29, 1.82) is 0 Å². The molecule has 0 fully saturated rings. The van der Waals surface area contributed by atoms with Crippen LogP contribution >= 0.6 is 0 Å². The van der Waals surface area contributed by atoms with Gasteiger partial charge in [-0.1, -0.05) is 32.0 Å². The lowest BCUT2D eigenvalue weighted by molar-refractivity contribution is 0.506. The Morgan fingerprint density at radius 2 is 1.83 bits per heavy atom. The van der Waals surface area contributed by atoms with Crippen molar-refractivity contribution in [3.8, 4) is 0 Å². The number of benzene rings is 1. The van der Waals surface area contributed by atoms with Crippen molar-refractivity contribution in [2.24, 2.45) is 5.92 Å². The van der Waals surface area contributed by atoms with Crippen molar-refractivity contribution in [2.45, 2.75) is 26.8 Å². The number of aromatic nitrogens is 1. The summed E-state index contributed by atoms with van der Waals surface area (Å²) in [6.45, 7) is 6.67. The fourth-order valence-corrected chi connectivity index (χ4v) is 2.19. The van der Waals surface area contributed by atoms with E-state index < -0.39 is 0 Å². The first kappa shape index (κ1) is 12.7. The Bertz CT molecular complexity index is 548. The number of hydrogen-bond donors (Lipinski definition) is 1. The predicted octanol–water partition coefficient (Wildman–Crippen LogP) is 3.30. The van der Waals surface area contributed by atoms with Gasteiger partial charge in [-0.15, -0.1) is 0 Å². The van der Waals surface area contributed by atoms with Crippen LogP contribution in [0.15, 0.2) is 30.5 Å². The summed E-state index contributed by atoms with van der Waals surface area (Å²) < 4.78 is 0. The van der Waals surface area contributed by atoms with Crippen LogP contribution in [0.4, 0.5) is 11.4 Å². The molecule has 1 unspecified atom stereocenters. The maximum absolute atomic E-state index is 6.12. The van der Waals surface area contributed by atoms with Crippen molar-refractivity contribution < 1.29 is 0 Å². The molecule has 0 aliphatic rings. The first-order chi connectivity index (χ1) is 8.52. The molecule has 1 heterocycles. The number of fused-ring (bicyclic) bond motifs is 1. The van der Waals surface area contributed by atoms with Crippen LogP contribution in [0, 0.1) is 5.92 Å². The van der Waals surface area contributed by atoms with Gasteiger partial charge in [-0.2, -0.15) is 0 Å². The molecule has 2 aromatic rings. The van der Waals surface area contributed by atoms with E-state index in [1.54, 1.807) is 6.20 Å². The fourth-order valence-electron chi connectivity index (χ4n) is 2.19. The van der Waals surface area contributed by atoms with E-state index in [1.807, 2.05) is 18.2 Å². The van der Waals surface area contributed by atoms with Crippen LogP contribution in [0.1, 0.15) is 20.8 Å². The minimum atomic E-state index is 0.429. The first-order valence-electron chi connectivity index (χ1n) is 6.38. The van der Waals surface area contributed by atoms with E-state index in [0.29, 0.717) is 12.0 Å². The SMILES string of the molecule is CC(C)C(C)N(C)c1c(N)cnc2ccccc12. The van der Waals surface area contributed by atoms with E-state index in [2.05, 4.69) is 43.8 Å². The zero-order valence-corrected chi connectivity index (χ0v) is 11.5. The fraction of sp³-hybridized carbons (Fsp3) is 0.400. The summed E-state index contributed by atoms with van der Waals surface area (Å²) in [6, 6.07) is 8.56. The lowest BCUT2D eigenvalue weighted by Crippen LogP contribution is -2.33. The number of nitrogen functional groups attached to an aromatic ring is 1. The second kappa shape index (κ2) is 4.84. The molecule has 0 bridgehead atoms. The van der Waals surface area contributed by atoms with Gasteiger partial charge in [0.15, 0.2) is 0 Å². The van der Waals surface area contributed by atoms with Crippen molar-refractivity contribution >= 4 is 22.3 Å². The number of anilines is 2. The van der Waals surface area contributed by atoms with Crippen molar-refractivity contribution in [2.75, 3.05) is 17.7 Å². The Kier molecular flexibility index (Phi) is 3.41. The molecule has 2 N–H and O–H groups in total. The van der Waals surface area contributed by atoms with Crippen LogP contribution in [-0.4, -0.2) is 18.1 Å². The van der Waals surface area contributed by atoms with Gasteiger partial charge in [-0.05, 0) is 18.9 Å². The van der Waals surface area contributed by atoms with E-state index in [0.717, 1.165) is 22.3 Å². The third-order valence-electron chi connectivity index (χ3n) is 3.70. The van der Waals surface area contributed by atoms with Gasteiger partial charge in [0.25, 0.3) is 0 Å². The molecule has 96 valence electrons. The molecular weight excluding hydrogens is 222 g/mol. The third-order valence-corrected chi connectivity index (χ3v) is 3.70. The quantitative estimate of drug-likeness (QED) is 0.899. The molecule has 0 saturated carbocycles. The topological polar surface area (TPSA) is 42.1 Å². The van der Waals surface area contributed by atoms with Crippen molar-refractivity contribution in [3.63, 3.8) is 0 Å². The normalized spacial score (nSPS) is 12.9. The summed E-state index contributed by atoms with van der Waals surface area (Å²) in [5.74, 6) is 0.571. The lowest BCUT2D eigenvalue weighted by Gasteiger charge is -2.31. The van der Waals surface area contributed by atoms with E-state index >= 15 is 0 Å². The average molecular weight is 243 g/mol. The summed E-state index contributed by atoms with van der Waals surface area (Å²) >= 11 is 0. The molecule has 0 radical (unpaired) electrons. The highest BCUT2D eigenvalue weighted by Gasteiger charge is 2.18. The summed E-state index contributed by atoms with van der Waals surface area (Å²) in [7, 11) is 2.10. The number of hydrogen-bond acceptors (Lipinski definition) is 3. The highest BCUT2D eigenvalue weighted by atomic mass is 15.1. The average Bonchev–Trinajstić information content (AvgIpc) is 2.37. The van der Waals surface area contributed by atoms with Crippen LogP contribution in [0.3, 0.4) is 0 Å². The summed E-state index contributed by atoms with van der Waals surface area (Å²) in [5.41, 5.74) is 8.94. The zero-order valence-electron chi connectivity index (χ0n) is 11.5. The molecule has 1 atom stereocenters. The smallest absolute Gasteiger partial charge is 0.0745 e. The largest absolute Gasteiger partial charge is 0.396 e. The minimum absolute atomic E-state index is 0.429. The molecule has 3 heteroatoms. The molecule has 0 saturated heterocycles. The van der Waals surface area contributed by atoms with Gasteiger partial charge in [0.05, 0.1) is 23.1 Å². The number of para-hydroxylation sites is 1. The standard InChI is InChI=1S/C15H21N3/c1-10(2)11(3)18(4)15-12-7-5-6-8-14(12)17-9-13(15)16/h5-11H,16H2,1-4H3. The zero-order chi connectivity index (χ0) is 13.3. The molecule has 3 nitrogen and oxygen atoms in total. The highest BCUT2D eigenvalue weighted by molar-refractivity contribution is 5.97. The van der Waals surface area contributed by atoms with Crippen LogP contribution in [0.25, 0.3) is 10.9 Å². The monoisotopic (exact) mass is 243 g/mol. The number of rotatable bonds is 3. The molecule has 1 aromatic heterocycles. The Morgan fingerprint density at radius 1 is 1.17 bits per heavy atom. The van der Waals surface area contributed by atoms with Crippen LogP contribution in [0.2, 0.25) is 0 Å². The lowest BCUT2D eigenvalue weighted by atomic mass is 10.0. The molecule has 0 aliphatic carbocycles. The van der Waals surface area contributed by atoms with Crippen LogP contribution < -0.4 is 10.6 Å². The van der Waals surface area contributed by atoms with Crippen LogP contribution in [0.5, 0.6) is 0 Å². The molecule has 2 rings (SSSR count). The molecule has 0 aliphatic heterocycles. The van der Waals surface area contributed by atoms with Crippen molar-refractivity contribution in [1.82, 2.24) is 4.98 Å². The Hall–Kier alpha value is -1.77. The molecule has 18 heavy (non-hydrogen) atoms. The van der Waals surface area contributed by atoms with E-state index in [1.165, 1.54) is 0 Å². The first-order valence-corrected chi connectivity index (χ1v) is 6.38. The van der Waals surface area contributed by atoms with Gasteiger partial charge in [0.2, 0.25) is 0 Å². The van der Waals surface area contributed by atoms with E-state index in [4.69, 9.17) is 5.73 Å². The van der Waals surface area contributed by atoms with E-state index in [-0.39, 0.29) is 0 Å².